The second-order valence-corrected chi connectivity index (χ2v) is 12.6. The number of nitro groups is 1. The average Bonchev–Trinajstić information content (AvgIpc) is 3.16. The Hall–Kier alpha value is -4.10. The van der Waals surface area contributed by atoms with Crippen molar-refractivity contribution in [2.24, 2.45) is 10.2 Å². The van der Waals surface area contributed by atoms with Crippen LogP contribution in [0.3, 0.4) is 0 Å². The average molecular weight is 723 g/mol. The van der Waals surface area contributed by atoms with E-state index in [1.54, 1.807) is 12.1 Å². The molecule has 0 fully saturated rings. The van der Waals surface area contributed by atoms with Gasteiger partial charge >= 0.3 is 0 Å². The number of azo groups is 1. The summed E-state index contributed by atoms with van der Waals surface area (Å²) in [6, 6.07) is 19.1. The van der Waals surface area contributed by atoms with Crippen molar-refractivity contribution in [1.29, 1.82) is 0 Å². The van der Waals surface area contributed by atoms with E-state index in [1.807, 2.05) is 49.5 Å². The molecular formula is C40H58N4O8. The second-order valence-electron chi connectivity index (χ2n) is 12.6. The summed E-state index contributed by atoms with van der Waals surface area (Å²) in [6.07, 6.45) is 12.9. The number of ether oxygens (including phenoxy) is 5. The largest absolute Gasteiger partial charge is 0.493 e. The number of benzene rings is 3. The third-order valence-corrected chi connectivity index (χ3v) is 8.33. The predicted molar refractivity (Wildman–Crippen MR) is 205 cm³/mol. The minimum absolute atomic E-state index is 0.0170. The summed E-state index contributed by atoms with van der Waals surface area (Å²) >= 11 is 0. The Bertz CT molecular complexity index is 1410. The molecule has 0 bridgehead atoms. The number of nitrogens with zero attached hydrogens (tertiary/aromatic N) is 4. The van der Waals surface area contributed by atoms with Crippen molar-refractivity contribution in [3.05, 3.63) is 82.4 Å². The summed E-state index contributed by atoms with van der Waals surface area (Å²) in [5.74, 6) is 1.38. The highest BCUT2D eigenvalue weighted by Gasteiger charge is 2.06. The molecule has 286 valence electrons. The Morgan fingerprint density at radius 2 is 1.12 bits per heavy atom. The van der Waals surface area contributed by atoms with E-state index in [1.165, 1.54) is 69.9 Å². The van der Waals surface area contributed by atoms with Gasteiger partial charge in [-0.15, -0.1) is 0 Å². The molecule has 1 N–H and O–H groups in total. The first-order valence-electron chi connectivity index (χ1n) is 18.7. The molecule has 0 aliphatic rings. The molecular weight excluding hydrogens is 664 g/mol. The Labute approximate surface area is 309 Å². The number of non-ortho nitro benzene ring substituents is 1. The lowest BCUT2D eigenvalue weighted by atomic mass is 10.1. The summed E-state index contributed by atoms with van der Waals surface area (Å²) in [6.45, 7) is 6.82. The number of aliphatic hydroxyl groups excluding tert-OH is 1. The lowest BCUT2D eigenvalue weighted by Crippen LogP contribution is -2.23. The molecule has 0 saturated heterocycles. The molecule has 52 heavy (non-hydrogen) atoms. The van der Waals surface area contributed by atoms with Gasteiger partial charge in [-0.3, -0.25) is 10.1 Å². The molecule has 0 amide bonds. The first-order valence-corrected chi connectivity index (χ1v) is 18.7. The SMILES string of the molecule is CCCCCCCCCCCCOc1cc(CO)cc(OCCOCCOCCOCCN(C)c2ccc(N=Nc3ccc([N+](=O)[O-])cc3)cc2)c1. The van der Waals surface area contributed by atoms with E-state index >= 15 is 0 Å². The zero-order valence-corrected chi connectivity index (χ0v) is 31.1. The van der Waals surface area contributed by atoms with Gasteiger partial charge in [0.05, 0.1) is 69.2 Å². The van der Waals surface area contributed by atoms with Gasteiger partial charge in [-0.05, 0) is 60.5 Å². The van der Waals surface area contributed by atoms with Crippen LogP contribution in [0.2, 0.25) is 0 Å². The molecule has 0 unspecified atom stereocenters. The number of unbranched alkanes of at least 4 members (excludes halogenated alkanes) is 9. The standard InChI is InChI=1S/C40H58N4O8/c1-3-4-5-6-7-8-9-10-11-12-22-51-39-30-34(33-45)31-40(32-39)52-29-28-50-27-26-49-25-24-48-23-21-43(2)37-17-13-35(14-18-37)41-42-36-15-19-38(20-16-36)44(46)47/h13-20,30-32,45H,3-12,21-29,33H2,1-2H3. The smallest absolute Gasteiger partial charge is 0.269 e. The number of aliphatic hydroxyl groups is 1. The van der Waals surface area contributed by atoms with Crippen LogP contribution in [0.4, 0.5) is 22.7 Å². The summed E-state index contributed by atoms with van der Waals surface area (Å²) in [5, 5.41) is 28.8. The van der Waals surface area contributed by atoms with Crippen LogP contribution in [0.5, 0.6) is 11.5 Å². The Balaban J connectivity index is 1.16. The fourth-order valence-corrected chi connectivity index (χ4v) is 5.29. The number of anilines is 1. The highest BCUT2D eigenvalue weighted by Crippen LogP contribution is 2.25. The van der Waals surface area contributed by atoms with Gasteiger partial charge in [0.2, 0.25) is 0 Å². The van der Waals surface area contributed by atoms with Crippen LogP contribution in [0.25, 0.3) is 0 Å². The molecule has 0 spiro atoms. The van der Waals surface area contributed by atoms with Crippen molar-refractivity contribution in [3.63, 3.8) is 0 Å². The van der Waals surface area contributed by atoms with E-state index < -0.39 is 4.92 Å². The van der Waals surface area contributed by atoms with Crippen LogP contribution in [-0.2, 0) is 20.8 Å². The molecule has 12 heteroatoms. The molecule has 12 nitrogen and oxygen atoms in total. The van der Waals surface area contributed by atoms with Crippen LogP contribution in [0, 0.1) is 10.1 Å². The predicted octanol–water partition coefficient (Wildman–Crippen LogP) is 9.37. The van der Waals surface area contributed by atoms with Crippen molar-refractivity contribution >= 4 is 22.7 Å². The van der Waals surface area contributed by atoms with Crippen LogP contribution >= 0.6 is 0 Å². The van der Waals surface area contributed by atoms with E-state index in [9.17, 15) is 15.2 Å². The molecule has 0 aromatic heterocycles. The van der Waals surface area contributed by atoms with Crippen LogP contribution in [-0.4, -0.2) is 76.5 Å². The Morgan fingerprint density at radius 1 is 0.635 bits per heavy atom. The zero-order chi connectivity index (χ0) is 37.1. The maximum Gasteiger partial charge on any atom is 0.269 e. The number of hydrogen-bond donors (Lipinski definition) is 1. The topological polar surface area (TPSA) is 137 Å². The lowest BCUT2D eigenvalue weighted by molar-refractivity contribution is -0.384. The summed E-state index contributed by atoms with van der Waals surface area (Å²) in [7, 11) is 1.99. The van der Waals surface area contributed by atoms with E-state index in [-0.39, 0.29) is 12.3 Å². The fraction of sp³-hybridized carbons (Fsp3) is 0.550. The second kappa shape index (κ2) is 26.6. The molecule has 3 aromatic rings. The molecule has 0 radical (unpaired) electrons. The Morgan fingerprint density at radius 3 is 1.65 bits per heavy atom. The third kappa shape index (κ3) is 18.4. The van der Waals surface area contributed by atoms with E-state index in [4.69, 9.17) is 23.7 Å². The fourth-order valence-electron chi connectivity index (χ4n) is 5.29. The monoisotopic (exact) mass is 722 g/mol. The summed E-state index contributed by atoms with van der Waals surface area (Å²) in [4.78, 5) is 12.4. The first kappa shape index (κ1) is 42.3. The van der Waals surface area contributed by atoms with E-state index in [0.717, 1.165) is 23.4 Å². The van der Waals surface area contributed by atoms with Crippen LogP contribution in [0.1, 0.15) is 76.7 Å². The lowest BCUT2D eigenvalue weighted by Gasteiger charge is -2.19. The zero-order valence-electron chi connectivity index (χ0n) is 31.1. The van der Waals surface area contributed by atoms with E-state index in [2.05, 4.69) is 22.1 Å². The highest BCUT2D eigenvalue weighted by atomic mass is 16.6. The van der Waals surface area contributed by atoms with Gasteiger partial charge in [-0.1, -0.05) is 64.7 Å². The van der Waals surface area contributed by atoms with Gasteiger partial charge in [0, 0.05) is 37.5 Å². The minimum Gasteiger partial charge on any atom is -0.493 e. The molecule has 0 aliphatic carbocycles. The summed E-state index contributed by atoms with van der Waals surface area (Å²) in [5.41, 5.74) is 3.02. The van der Waals surface area contributed by atoms with Gasteiger partial charge in [-0.25, -0.2) is 0 Å². The molecule has 0 heterocycles. The van der Waals surface area contributed by atoms with Crippen molar-refractivity contribution in [3.8, 4) is 11.5 Å². The maximum atomic E-state index is 10.8. The first-order chi connectivity index (χ1) is 25.5. The van der Waals surface area contributed by atoms with Crippen LogP contribution in [0.15, 0.2) is 77.0 Å². The highest BCUT2D eigenvalue weighted by molar-refractivity contribution is 5.52. The van der Waals surface area contributed by atoms with Crippen LogP contribution < -0.4 is 14.4 Å². The summed E-state index contributed by atoms with van der Waals surface area (Å²) < 4.78 is 28.8. The van der Waals surface area contributed by atoms with Gasteiger partial charge in [0.15, 0.2) is 0 Å². The van der Waals surface area contributed by atoms with Gasteiger partial charge in [0.1, 0.15) is 18.1 Å². The number of hydrogen-bond acceptors (Lipinski definition) is 11. The van der Waals surface area contributed by atoms with Crippen molar-refractivity contribution in [1.82, 2.24) is 0 Å². The Kier molecular flexibility index (Phi) is 21.7. The number of likely N-dealkylation sites (N-methyl/N-ethyl adjacent to an activating group) is 1. The third-order valence-electron chi connectivity index (χ3n) is 8.33. The van der Waals surface area contributed by atoms with Crippen molar-refractivity contribution in [2.75, 3.05) is 71.3 Å². The molecule has 0 saturated carbocycles. The normalized spacial score (nSPS) is 11.3. The number of nitro benzene ring substituents is 1. The van der Waals surface area contributed by atoms with Crippen molar-refractivity contribution in [2.45, 2.75) is 77.7 Å². The molecule has 3 aromatic carbocycles. The van der Waals surface area contributed by atoms with Gasteiger partial charge in [-0.2, -0.15) is 10.2 Å². The molecule has 0 atom stereocenters. The van der Waals surface area contributed by atoms with Gasteiger partial charge in [0.25, 0.3) is 5.69 Å². The van der Waals surface area contributed by atoms with E-state index in [0.29, 0.717) is 76.5 Å². The molecule has 0 aliphatic heterocycles. The quantitative estimate of drug-likeness (QED) is 0.0309. The maximum absolute atomic E-state index is 10.8. The minimum atomic E-state index is -0.447. The number of rotatable bonds is 30. The van der Waals surface area contributed by atoms with Gasteiger partial charge < -0.3 is 33.7 Å². The molecule has 3 rings (SSSR count). The van der Waals surface area contributed by atoms with Crippen molar-refractivity contribution < 1.29 is 33.7 Å².